The van der Waals surface area contributed by atoms with Gasteiger partial charge in [0, 0.05) is 0 Å². The van der Waals surface area contributed by atoms with E-state index in [1.54, 1.807) is 41.5 Å². The maximum atomic E-state index is 12.7. The van der Waals surface area contributed by atoms with Gasteiger partial charge in [0.1, 0.15) is 0 Å². The van der Waals surface area contributed by atoms with Crippen molar-refractivity contribution in [2.24, 2.45) is 0 Å². The van der Waals surface area contributed by atoms with Crippen molar-refractivity contribution in [3.05, 3.63) is 25.3 Å². The second-order valence-corrected chi connectivity index (χ2v) is 6.21. The first-order chi connectivity index (χ1) is 13.3. The summed E-state index contributed by atoms with van der Waals surface area (Å²) in [5, 5.41) is 0. The topological polar surface area (TPSA) is 90.9 Å². The molecule has 0 saturated carbocycles. The van der Waals surface area contributed by atoms with Crippen LogP contribution in [0.4, 0.5) is 0 Å². The maximum absolute atomic E-state index is 12.7. The first-order valence-electron chi connectivity index (χ1n) is 9.34. The van der Waals surface area contributed by atoms with E-state index in [0.29, 0.717) is 0 Å². The number of ether oxygens (including phenoxy) is 6. The summed E-state index contributed by atoms with van der Waals surface area (Å²) in [4.78, 5) is 0. The Labute approximate surface area is 169 Å². The zero-order valence-electron chi connectivity index (χ0n) is 17.7. The van der Waals surface area contributed by atoms with Gasteiger partial charge in [0.15, 0.2) is 0 Å². The highest BCUT2D eigenvalue weighted by molar-refractivity contribution is 6.26. The van der Waals surface area contributed by atoms with Crippen LogP contribution in [0.5, 0.6) is 0 Å². The summed E-state index contributed by atoms with van der Waals surface area (Å²) in [5.74, 6) is 0. The van der Waals surface area contributed by atoms with Gasteiger partial charge in [-0.25, -0.2) is 0 Å². The van der Waals surface area contributed by atoms with E-state index in [9.17, 15) is 4.46 Å². The molecule has 0 fully saturated rings. The summed E-state index contributed by atoms with van der Waals surface area (Å²) >= 11 is 0. The first kappa shape index (κ1) is 26.9. The standard InChI is InChI=1S/C18H34O9Si/c1-9-15(7)24-17(20-11-3,21-12-4)26-28(19)27-18(22-13-5,23-14-6)25-16(8)10-2/h9-10,15-16H,1-2,11-14H2,3-8H3. The lowest BCUT2D eigenvalue weighted by Gasteiger charge is -2.35. The van der Waals surface area contributed by atoms with Crippen molar-refractivity contribution in [1.29, 1.82) is 0 Å². The van der Waals surface area contributed by atoms with Gasteiger partial charge in [-0.3, -0.25) is 32.9 Å². The zero-order valence-corrected chi connectivity index (χ0v) is 18.7. The Bertz CT molecular complexity index is 420. The number of hydrogen-bond donors (Lipinski definition) is 0. The third kappa shape index (κ3) is 9.37. The van der Waals surface area contributed by atoms with Gasteiger partial charge in [0.2, 0.25) is 0 Å². The van der Waals surface area contributed by atoms with Crippen LogP contribution in [0, 0.1) is 0 Å². The van der Waals surface area contributed by atoms with E-state index < -0.39 is 33.7 Å². The third-order valence-corrected chi connectivity index (χ3v) is 3.86. The lowest BCUT2D eigenvalue weighted by Crippen LogP contribution is -2.51. The summed E-state index contributed by atoms with van der Waals surface area (Å²) < 4.78 is 56.5. The molecule has 0 amide bonds. The average Bonchev–Trinajstić information content (AvgIpc) is 2.61. The van der Waals surface area contributed by atoms with Crippen LogP contribution in [0.25, 0.3) is 0 Å². The van der Waals surface area contributed by atoms with Crippen LogP contribution in [-0.4, -0.2) is 60.1 Å². The van der Waals surface area contributed by atoms with Gasteiger partial charge in [-0.05, 0) is 41.5 Å². The molecule has 0 heterocycles. The van der Waals surface area contributed by atoms with Gasteiger partial charge in [-0.15, -0.1) is 13.2 Å². The predicted molar refractivity (Wildman–Crippen MR) is 102 cm³/mol. The molecule has 0 aliphatic carbocycles. The SMILES string of the molecule is C=CC(C)OC(OCC)(OCC)O[Si](=O)OC(OCC)(OCC)OC(C)C=C. The highest BCUT2D eigenvalue weighted by atomic mass is 28.3. The molecule has 28 heavy (non-hydrogen) atoms. The largest absolute Gasteiger partial charge is 0.778 e. The van der Waals surface area contributed by atoms with Crippen LogP contribution < -0.4 is 0 Å². The minimum Gasteiger partial charge on any atom is -0.421 e. The molecule has 0 spiro atoms. The molecular formula is C18H34O9Si. The number of hydrogen-bond acceptors (Lipinski definition) is 9. The number of rotatable bonds is 18. The Morgan fingerprint density at radius 1 is 0.750 bits per heavy atom. The molecule has 0 aliphatic heterocycles. The molecule has 0 aromatic carbocycles. The molecule has 0 N–H and O–H groups in total. The summed E-state index contributed by atoms with van der Waals surface area (Å²) in [6.07, 6.45) is -2.13. The normalized spacial score (nSPS) is 14.2. The van der Waals surface area contributed by atoms with Crippen LogP contribution in [0.1, 0.15) is 41.5 Å². The molecule has 2 unspecified atom stereocenters. The Morgan fingerprint density at radius 2 is 1.04 bits per heavy atom. The van der Waals surface area contributed by atoms with Gasteiger partial charge in [-0.2, -0.15) is 0 Å². The van der Waals surface area contributed by atoms with Crippen LogP contribution in [0.2, 0.25) is 0 Å². The summed E-state index contributed by atoms with van der Waals surface area (Å²) in [5.41, 5.74) is 0. The highest BCUT2D eigenvalue weighted by Gasteiger charge is 2.47. The fourth-order valence-electron chi connectivity index (χ4n) is 1.87. The van der Waals surface area contributed by atoms with Crippen molar-refractivity contribution in [3.63, 3.8) is 0 Å². The van der Waals surface area contributed by atoms with Crippen LogP contribution in [-0.2, 0) is 41.7 Å². The molecule has 10 heteroatoms. The second-order valence-electron chi connectivity index (χ2n) is 5.30. The molecule has 0 saturated heterocycles. The van der Waals surface area contributed by atoms with E-state index in [1.807, 2.05) is 0 Å². The van der Waals surface area contributed by atoms with Gasteiger partial charge < -0.3 is 8.85 Å². The molecule has 0 radical (unpaired) electrons. The lowest BCUT2D eigenvalue weighted by molar-refractivity contribution is -0.501. The highest BCUT2D eigenvalue weighted by Crippen LogP contribution is 2.25. The van der Waals surface area contributed by atoms with E-state index in [0.717, 1.165) is 0 Å². The van der Waals surface area contributed by atoms with Crippen LogP contribution in [0.3, 0.4) is 0 Å². The van der Waals surface area contributed by atoms with Gasteiger partial charge in [0.05, 0.1) is 38.6 Å². The van der Waals surface area contributed by atoms with E-state index >= 15 is 0 Å². The van der Waals surface area contributed by atoms with E-state index in [-0.39, 0.29) is 26.4 Å². The predicted octanol–water partition coefficient (Wildman–Crippen LogP) is 2.99. The summed E-state index contributed by atoms with van der Waals surface area (Å²) in [7, 11) is -3.36. The fraction of sp³-hybridized carbons (Fsp3) is 0.778. The quantitative estimate of drug-likeness (QED) is 0.188. The molecule has 0 aliphatic rings. The smallest absolute Gasteiger partial charge is 0.421 e. The van der Waals surface area contributed by atoms with Crippen LogP contribution >= 0.6 is 0 Å². The molecule has 9 nitrogen and oxygen atoms in total. The Hall–Kier alpha value is -1.14. The molecule has 0 aromatic rings. The Kier molecular flexibility index (Phi) is 13.4. The van der Waals surface area contributed by atoms with Crippen molar-refractivity contribution in [3.8, 4) is 0 Å². The van der Waals surface area contributed by atoms with Gasteiger partial charge in [-0.1, -0.05) is 12.2 Å². The second kappa shape index (κ2) is 13.9. The molecular weight excluding hydrogens is 388 g/mol. The van der Waals surface area contributed by atoms with Crippen molar-refractivity contribution >= 4 is 9.17 Å². The van der Waals surface area contributed by atoms with Gasteiger partial charge in [0.25, 0.3) is 0 Å². The van der Waals surface area contributed by atoms with E-state index in [4.69, 9.17) is 37.3 Å². The van der Waals surface area contributed by atoms with Crippen LogP contribution in [0.15, 0.2) is 25.3 Å². The summed E-state index contributed by atoms with van der Waals surface area (Å²) in [6.45, 7) is 18.1. The van der Waals surface area contributed by atoms with E-state index in [1.165, 1.54) is 12.2 Å². The maximum Gasteiger partial charge on any atom is 0.778 e. The molecule has 2 atom stereocenters. The minimum atomic E-state index is -3.36. The van der Waals surface area contributed by atoms with Crippen molar-refractivity contribution in [2.75, 3.05) is 26.4 Å². The zero-order chi connectivity index (χ0) is 21.6. The van der Waals surface area contributed by atoms with Crippen molar-refractivity contribution in [1.82, 2.24) is 0 Å². The van der Waals surface area contributed by atoms with Gasteiger partial charge >= 0.3 is 21.5 Å². The molecule has 164 valence electrons. The lowest BCUT2D eigenvalue weighted by atomic mass is 10.4. The monoisotopic (exact) mass is 422 g/mol. The third-order valence-electron chi connectivity index (χ3n) is 3.03. The minimum absolute atomic E-state index is 0.158. The molecule has 0 bridgehead atoms. The van der Waals surface area contributed by atoms with Crippen molar-refractivity contribution in [2.45, 2.75) is 66.1 Å². The van der Waals surface area contributed by atoms with Crippen molar-refractivity contribution < 1.29 is 41.7 Å². The fourth-order valence-corrected chi connectivity index (χ4v) is 2.65. The first-order valence-corrected chi connectivity index (χ1v) is 10.6. The average molecular weight is 423 g/mol. The Balaban J connectivity index is 5.57. The Morgan fingerprint density at radius 3 is 1.25 bits per heavy atom. The summed E-state index contributed by atoms with van der Waals surface area (Å²) in [6, 6.07) is 0. The molecule has 0 aromatic heterocycles. The van der Waals surface area contributed by atoms with E-state index in [2.05, 4.69) is 13.2 Å². The molecule has 0 rings (SSSR count).